The molecule has 0 atom stereocenters. The average Bonchev–Trinajstić information content (AvgIpc) is 2.68. The van der Waals surface area contributed by atoms with Gasteiger partial charge in [-0.3, -0.25) is 4.98 Å². The van der Waals surface area contributed by atoms with E-state index in [0.717, 1.165) is 11.3 Å². The number of benzene rings is 1. The van der Waals surface area contributed by atoms with Crippen molar-refractivity contribution in [3.05, 3.63) is 48.3 Å². The molecule has 1 aliphatic rings. The van der Waals surface area contributed by atoms with Crippen LogP contribution in [-0.2, 0) is 0 Å². The largest absolute Gasteiger partial charge is 0.482 e. The van der Waals surface area contributed by atoms with Gasteiger partial charge in [-0.05, 0) is 36.8 Å². The van der Waals surface area contributed by atoms with E-state index in [9.17, 15) is 18.0 Å². The molecular weight excluding hydrogens is 373 g/mol. The van der Waals surface area contributed by atoms with Crippen molar-refractivity contribution in [3.8, 4) is 5.75 Å². The number of hydrogen-bond donors (Lipinski definition) is 1. The van der Waals surface area contributed by atoms with E-state index in [0.29, 0.717) is 26.2 Å². The van der Waals surface area contributed by atoms with Gasteiger partial charge in [0.05, 0.1) is 5.69 Å². The monoisotopic (exact) mass is 394 g/mol. The van der Waals surface area contributed by atoms with Crippen molar-refractivity contribution in [2.75, 3.05) is 43.0 Å². The maximum absolute atomic E-state index is 12.6. The summed E-state index contributed by atoms with van der Waals surface area (Å²) in [5, 5.41) is 2.66. The van der Waals surface area contributed by atoms with E-state index in [1.54, 1.807) is 36.4 Å². The number of alkyl halides is 3. The van der Waals surface area contributed by atoms with Crippen molar-refractivity contribution in [2.24, 2.45) is 0 Å². The Morgan fingerprint density at radius 3 is 2.46 bits per heavy atom. The number of halogens is 3. The Hall–Kier alpha value is -2.97. The van der Waals surface area contributed by atoms with E-state index in [-0.39, 0.29) is 17.5 Å². The second-order valence-electron chi connectivity index (χ2n) is 6.51. The lowest BCUT2D eigenvalue weighted by Crippen LogP contribution is -2.50. The summed E-state index contributed by atoms with van der Waals surface area (Å²) < 4.78 is 42.3. The number of piperazine rings is 1. The Labute approximate surface area is 160 Å². The van der Waals surface area contributed by atoms with Crippen LogP contribution in [0.4, 0.5) is 29.3 Å². The molecule has 0 bridgehead atoms. The fourth-order valence-corrected chi connectivity index (χ4v) is 2.93. The number of amides is 2. The number of carbonyl (C=O) groups excluding carboxylic acids is 1. The first-order valence-corrected chi connectivity index (χ1v) is 8.83. The molecule has 0 spiro atoms. The van der Waals surface area contributed by atoms with E-state index >= 15 is 0 Å². The minimum absolute atomic E-state index is 0.00102. The van der Waals surface area contributed by atoms with Gasteiger partial charge in [0.1, 0.15) is 5.75 Å². The molecule has 1 aromatic carbocycles. The summed E-state index contributed by atoms with van der Waals surface area (Å²) in [6.07, 6.45) is -1.02. The Balaban J connectivity index is 1.61. The van der Waals surface area contributed by atoms with E-state index in [4.69, 9.17) is 4.74 Å². The number of hydrogen-bond acceptors (Lipinski definition) is 4. The lowest BCUT2D eigenvalue weighted by molar-refractivity contribution is -0.153. The lowest BCUT2D eigenvalue weighted by Gasteiger charge is -2.36. The van der Waals surface area contributed by atoms with Crippen LogP contribution >= 0.6 is 0 Å². The van der Waals surface area contributed by atoms with Crippen LogP contribution in [0.5, 0.6) is 5.75 Å². The maximum atomic E-state index is 12.6. The second kappa shape index (κ2) is 8.37. The number of nitrogens with zero attached hydrogens (tertiary/aromatic N) is 3. The molecule has 1 aliphatic heterocycles. The van der Waals surface area contributed by atoms with Crippen molar-refractivity contribution >= 4 is 17.4 Å². The zero-order chi connectivity index (χ0) is 20.1. The van der Waals surface area contributed by atoms with Gasteiger partial charge in [0.25, 0.3) is 0 Å². The molecule has 3 rings (SSSR count). The molecule has 0 saturated carbocycles. The summed E-state index contributed by atoms with van der Waals surface area (Å²) in [5.41, 5.74) is 1.99. The smallest absolute Gasteiger partial charge is 0.422 e. The Bertz CT molecular complexity index is 807. The quantitative estimate of drug-likeness (QED) is 0.860. The van der Waals surface area contributed by atoms with Gasteiger partial charge in [0.15, 0.2) is 6.61 Å². The zero-order valence-electron chi connectivity index (χ0n) is 15.4. The molecule has 0 aliphatic carbocycles. The maximum Gasteiger partial charge on any atom is 0.422 e. The number of ether oxygens (including phenoxy) is 1. The fourth-order valence-electron chi connectivity index (χ4n) is 2.93. The van der Waals surface area contributed by atoms with Crippen LogP contribution in [0.3, 0.4) is 0 Å². The summed E-state index contributed by atoms with van der Waals surface area (Å²) >= 11 is 0. The molecule has 1 aromatic heterocycles. The molecule has 2 aromatic rings. The normalized spacial score (nSPS) is 14.7. The van der Waals surface area contributed by atoms with E-state index < -0.39 is 12.8 Å². The van der Waals surface area contributed by atoms with Crippen LogP contribution in [0.2, 0.25) is 0 Å². The number of anilines is 2. The first-order chi connectivity index (χ1) is 13.3. The highest BCUT2D eigenvalue weighted by Crippen LogP contribution is 2.28. The molecule has 150 valence electrons. The highest BCUT2D eigenvalue weighted by atomic mass is 19.4. The number of aryl methyl sites for hydroxylation is 1. The van der Waals surface area contributed by atoms with Crippen molar-refractivity contribution in [1.82, 2.24) is 9.88 Å². The number of aromatic nitrogens is 1. The number of nitrogens with one attached hydrogen (secondary N) is 1. The standard InChI is InChI=1S/C19H21F3N4O2/c1-14-2-3-16(17(12-14)28-13-19(20,21)22)24-18(27)26-10-8-25(9-11-26)15-4-6-23-7-5-15/h2-7,12H,8-11,13H2,1H3,(H,24,27). The molecule has 28 heavy (non-hydrogen) atoms. The van der Waals surface area contributed by atoms with Crippen LogP contribution in [0.25, 0.3) is 0 Å². The van der Waals surface area contributed by atoms with Gasteiger partial charge in [-0.15, -0.1) is 0 Å². The minimum Gasteiger partial charge on any atom is -0.482 e. The van der Waals surface area contributed by atoms with Crippen molar-refractivity contribution in [3.63, 3.8) is 0 Å². The number of carbonyl (C=O) groups is 1. The third-order valence-corrected chi connectivity index (χ3v) is 4.36. The topological polar surface area (TPSA) is 57.7 Å². The van der Waals surface area contributed by atoms with Gasteiger partial charge >= 0.3 is 12.2 Å². The first kappa shape index (κ1) is 19.8. The molecule has 1 saturated heterocycles. The average molecular weight is 394 g/mol. The number of urea groups is 1. The summed E-state index contributed by atoms with van der Waals surface area (Å²) in [4.78, 5) is 20.3. The molecular formula is C19H21F3N4O2. The molecule has 6 nitrogen and oxygen atoms in total. The predicted octanol–water partition coefficient (Wildman–Crippen LogP) is 3.69. The number of rotatable bonds is 4. The number of pyridine rings is 1. The van der Waals surface area contributed by atoms with Crippen molar-refractivity contribution in [1.29, 1.82) is 0 Å². The minimum atomic E-state index is -4.45. The summed E-state index contributed by atoms with van der Waals surface area (Å²) in [7, 11) is 0. The van der Waals surface area contributed by atoms with Crippen molar-refractivity contribution in [2.45, 2.75) is 13.1 Å². The van der Waals surface area contributed by atoms with Crippen LogP contribution in [-0.4, -0.2) is 54.9 Å². The van der Waals surface area contributed by atoms with Crippen LogP contribution in [0.1, 0.15) is 5.56 Å². The molecule has 2 heterocycles. The highest BCUT2D eigenvalue weighted by Gasteiger charge is 2.29. The van der Waals surface area contributed by atoms with Crippen LogP contribution in [0, 0.1) is 6.92 Å². The van der Waals surface area contributed by atoms with Crippen molar-refractivity contribution < 1.29 is 22.7 Å². The Morgan fingerprint density at radius 2 is 1.82 bits per heavy atom. The Kier molecular flexibility index (Phi) is 5.91. The Morgan fingerprint density at radius 1 is 1.14 bits per heavy atom. The SMILES string of the molecule is Cc1ccc(NC(=O)N2CCN(c3ccncc3)CC2)c(OCC(F)(F)F)c1. The zero-order valence-corrected chi connectivity index (χ0v) is 15.4. The van der Waals surface area contributed by atoms with E-state index in [2.05, 4.69) is 15.2 Å². The van der Waals surface area contributed by atoms with Gasteiger partial charge in [0.2, 0.25) is 0 Å². The van der Waals surface area contributed by atoms with Gasteiger partial charge in [-0.1, -0.05) is 6.07 Å². The molecule has 1 N–H and O–H groups in total. The third-order valence-electron chi connectivity index (χ3n) is 4.36. The molecule has 9 heteroatoms. The second-order valence-corrected chi connectivity index (χ2v) is 6.51. The lowest BCUT2D eigenvalue weighted by atomic mass is 10.2. The predicted molar refractivity (Wildman–Crippen MR) is 99.8 cm³/mol. The van der Waals surface area contributed by atoms with Gasteiger partial charge < -0.3 is 19.9 Å². The first-order valence-electron chi connectivity index (χ1n) is 8.83. The van der Waals surface area contributed by atoms with Crippen LogP contribution in [0.15, 0.2) is 42.7 Å². The van der Waals surface area contributed by atoms with E-state index in [1.165, 1.54) is 6.07 Å². The fraction of sp³-hybridized carbons (Fsp3) is 0.368. The van der Waals surface area contributed by atoms with Gasteiger partial charge in [-0.2, -0.15) is 13.2 Å². The van der Waals surface area contributed by atoms with Gasteiger partial charge in [-0.25, -0.2) is 4.79 Å². The summed E-state index contributed by atoms with van der Waals surface area (Å²) in [5.74, 6) is 0.00102. The molecule has 2 amide bonds. The molecule has 1 fully saturated rings. The molecule has 0 unspecified atom stereocenters. The summed E-state index contributed by atoms with van der Waals surface area (Å²) in [6.45, 7) is 2.64. The molecule has 0 radical (unpaired) electrons. The third kappa shape index (κ3) is 5.28. The van der Waals surface area contributed by atoms with E-state index in [1.807, 2.05) is 12.1 Å². The van der Waals surface area contributed by atoms with Gasteiger partial charge in [0, 0.05) is 44.3 Å². The summed E-state index contributed by atoms with van der Waals surface area (Å²) in [6, 6.07) is 8.18. The highest BCUT2D eigenvalue weighted by molar-refractivity contribution is 5.91. The van der Waals surface area contributed by atoms with Crippen LogP contribution < -0.4 is 15.0 Å².